The predicted molar refractivity (Wildman–Crippen MR) is 75.3 cm³/mol. The minimum atomic E-state index is -0.551. The highest BCUT2D eigenvalue weighted by Gasteiger charge is 2.14. The van der Waals surface area contributed by atoms with Crippen LogP contribution in [-0.2, 0) is 0 Å². The lowest BCUT2D eigenvalue weighted by Crippen LogP contribution is -2.34. The highest BCUT2D eigenvalue weighted by Crippen LogP contribution is 2.17. The molecule has 4 nitrogen and oxygen atoms in total. The summed E-state index contributed by atoms with van der Waals surface area (Å²) in [5, 5.41) is 12.4. The SMILES string of the molecule is C=CCOc1ccccc1C(=O)NCC(O)C(C)C. The van der Waals surface area contributed by atoms with Gasteiger partial charge >= 0.3 is 0 Å². The van der Waals surface area contributed by atoms with E-state index in [4.69, 9.17) is 4.74 Å². The van der Waals surface area contributed by atoms with Crippen molar-refractivity contribution in [2.75, 3.05) is 13.2 Å². The number of aliphatic hydroxyl groups excluding tert-OH is 1. The fraction of sp³-hybridized carbons (Fsp3) is 0.400. The maximum Gasteiger partial charge on any atom is 0.255 e. The summed E-state index contributed by atoms with van der Waals surface area (Å²) >= 11 is 0. The summed E-state index contributed by atoms with van der Waals surface area (Å²) in [6.07, 6.45) is 1.07. The van der Waals surface area contributed by atoms with Gasteiger partial charge in [-0.25, -0.2) is 0 Å². The molecule has 0 bridgehead atoms. The Balaban J connectivity index is 2.68. The van der Waals surface area contributed by atoms with Crippen LogP contribution in [0.1, 0.15) is 24.2 Å². The maximum atomic E-state index is 12.0. The third-order valence-corrected chi connectivity index (χ3v) is 2.73. The molecule has 0 saturated heterocycles. The lowest BCUT2D eigenvalue weighted by Gasteiger charge is -2.16. The van der Waals surface area contributed by atoms with Gasteiger partial charge in [0.25, 0.3) is 5.91 Å². The fourth-order valence-electron chi connectivity index (χ4n) is 1.46. The van der Waals surface area contributed by atoms with E-state index in [0.717, 1.165) is 0 Å². The summed E-state index contributed by atoms with van der Waals surface area (Å²) < 4.78 is 5.42. The molecule has 0 aliphatic carbocycles. The first-order chi connectivity index (χ1) is 9.06. The number of amides is 1. The Morgan fingerprint density at radius 1 is 1.47 bits per heavy atom. The smallest absolute Gasteiger partial charge is 0.255 e. The molecule has 104 valence electrons. The molecule has 0 aromatic heterocycles. The van der Waals surface area contributed by atoms with E-state index in [2.05, 4.69) is 11.9 Å². The molecular formula is C15H21NO3. The molecule has 4 heteroatoms. The van der Waals surface area contributed by atoms with Gasteiger partial charge in [0.1, 0.15) is 12.4 Å². The first-order valence-corrected chi connectivity index (χ1v) is 6.35. The summed E-state index contributed by atoms with van der Waals surface area (Å²) in [7, 11) is 0. The molecule has 0 spiro atoms. The molecule has 0 heterocycles. The van der Waals surface area contributed by atoms with E-state index in [1.807, 2.05) is 13.8 Å². The topological polar surface area (TPSA) is 58.6 Å². The molecule has 0 fully saturated rings. The third-order valence-electron chi connectivity index (χ3n) is 2.73. The Morgan fingerprint density at radius 3 is 2.79 bits per heavy atom. The number of carbonyl (C=O) groups is 1. The van der Waals surface area contributed by atoms with E-state index in [9.17, 15) is 9.90 Å². The van der Waals surface area contributed by atoms with E-state index in [1.165, 1.54) is 0 Å². The van der Waals surface area contributed by atoms with Gasteiger partial charge in [-0.2, -0.15) is 0 Å². The Morgan fingerprint density at radius 2 is 2.16 bits per heavy atom. The van der Waals surface area contributed by atoms with Crippen molar-refractivity contribution in [3.63, 3.8) is 0 Å². The molecule has 0 saturated carbocycles. The van der Waals surface area contributed by atoms with Gasteiger partial charge in [-0.15, -0.1) is 0 Å². The van der Waals surface area contributed by atoms with Crippen LogP contribution in [0.4, 0.5) is 0 Å². The summed E-state index contributed by atoms with van der Waals surface area (Å²) in [6.45, 7) is 7.95. The molecule has 0 aliphatic rings. The van der Waals surface area contributed by atoms with Crippen molar-refractivity contribution in [3.8, 4) is 5.75 Å². The van der Waals surface area contributed by atoms with Crippen molar-refractivity contribution in [1.82, 2.24) is 5.32 Å². The number of benzene rings is 1. The van der Waals surface area contributed by atoms with E-state index in [0.29, 0.717) is 17.9 Å². The zero-order valence-electron chi connectivity index (χ0n) is 11.4. The van der Waals surface area contributed by atoms with Crippen LogP contribution in [0.3, 0.4) is 0 Å². The lowest BCUT2D eigenvalue weighted by molar-refractivity contribution is 0.0868. The number of aliphatic hydroxyl groups is 1. The number of hydrogen-bond donors (Lipinski definition) is 2. The van der Waals surface area contributed by atoms with Crippen molar-refractivity contribution in [1.29, 1.82) is 0 Å². The van der Waals surface area contributed by atoms with E-state index < -0.39 is 6.10 Å². The molecule has 1 aromatic carbocycles. The van der Waals surface area contributed by atoms with E-state index >= 15 is 0 Å². The van der Waals surface area contributed by atoms with Crippen LogP contribution in [0.2, 0.25) is 0 Å². The van der Waals surface area contributed by atoms with Crippen molar-refractivity contribution < 1.29 is 14.6 Å². The van der Waals surface area contributed by atoms with Gasteiger partial charge in [0.2, 0.25) is 0 Å². The summed E-state index contributed by atoms with van der Waals surface area (Å²) in [4.78, 5) is 12.0. The molecular weight excluding hydrogens is 242 g/mol. The average molecular weight is 263 g/mol. The zero-order valence-corrected chi connectivity index (χ0v) is 11.4. The Labute approximate surface area is 114 Å². The molecule has 1 unspecified atom stereocenters. The number of nitrogens with one attached hydrogen (secondary N) is 1. The van der Waals surface area contributed by atoms with Gasteiger partial charge < -0.3 is 15.2 Å². The molecule has 1 aromatic rings. The minimum absolute atomic E-state index is 0.104. The van der Waals surface area contributed by atoms with Gasteiger partial charge in [0, 0.05) is 6.54 Å². The fourth-order valence-corrected chi connectivity index (χ4v) is 1.46. The van der Waals surface area contributed by atoms with Crippen molar-refractivity contribution >= 4 is 5.91 Å². The number of rotatable bonds is 7. The van der Waals surface area contributed by atoms with Crippen LogP contribution in [0.15, 0.2) is 36.9 Å². The molecule has 1 rings (SSSR count). The molecule has 0 radical (unpaired) electrons. The van der Waals surface area contributed by atoms with Crippen molar-refractivity contribution in [2.45, 2.75) is 20.0 Å². The molecule has 1 amide bonds. The molecule has 1 atom stereocenters. The van der Waals surface area contributed by atoms with Gasteiger partial charge in [-0.1, -0.05) is 38.6 Å². The van der Waals surface area contributed by atoms with E-state index in [1.54, 1.807) is 30.3 Å². The summed E-state index contributed by atoms with van der Waals surface area (Å²) in [5.41, 5.74) is 0.459. The zero-order chi connectivity index (χ0) is 14.3. The number of carbonyl (C=O) groups excluding carboxylic acids is 1. The van der Waals surface area contributed by atoms with E-state index in [-0.39, 0.29) is 18.4 Å². The highest BCUT2D eigenvalue weighted by molar-refractivity contribution is 5.96. The Kier molecular flexibility index (Phi) is 6.09. The average Bonchev–Trinajstić information content (AvgIpc) is 2.42. The quantitative estimate of drug-likeness (QED) is 0.740. The molecule has 0 aliphatic heterocycles. The second kappa shape index (κ2) is 7.59. The van der Waals surface area contributed by atoms with Gasteiger partial charge in [-0.05, 0) is 18.1 Å². The van der Waals surface area contributed by atoms with Crippen LogP contribution in [0.5, 0.6) is 5.75 Å². The number of ether oxygens (including phenoxy) is 1. The normalized spacial score (nSPS) is 12.0. The standard InChI is InChI=1S/C15H21NO3/c1-4-9-19-14-8-6-5-7-12(14)15(18)16-10-13(17)11(2)3/h4-8,11,13,17H,1,9-10H2,2-3H3,(H,16,18). The first kappa shape index (κ1) is 15.2. The van der Waals surface area contributed by atoms with Gasteiger partial charge in [-0.3, -0.25) is 4.79 Å². The van der Waals surface area contributed by atoms with Crippen LogP contribution < -0.4 is 10.1 Å². The van der Waals surface area contributed by atoms with Gasteiger partial charge in [0.05, 0.1) is 11.7 Å². The number of para-hydroxylation sites is 1. The Hall–Kier alpha value is -1.81. The number of hydrogen-bond acceptors (Lipinski definition) is 3. The van der Waals surface area contributed by atoms with Crippen molar-refractivity contribution in [3.05, 3.63) is 42.5 Å². The second-order valence-electron chi connectivity index (χ2n) is 4.62. The second-order valence-corrected chi connectivity index (χ2v) is 4.62. The molecule has 2 N–H and O–H groups in total. The van der Waals surface area contributed by atoms with Crippen LogP contribution in [0, 0.1) is 5.92 Å². The highest BCUT2D eigenvalue weighted by atomic mass is 16.5. The lowest BCUT2D eigenvalue weighted by atomic mass is 10.1. The summed E-state index contributed by atoms with van der Waals surface area (Å²) in [6, 6.07) is 7.00. The third kappa shape index (κ3) is 4.75. The summed E-state index contributed by atoms with van der Waals surface area (Å²) in [5.74, 6) is 0.367. The Bertz CT molecular complexity index is 429. The van der Waals surface area contributed by atoms with Crippen LogP contribution >= 0.6 is 0 Å². The maximum absolute atomic E-state index is 12.0. The minimum Gasteiger partial charge on any atom is -0.489 e. The van der Waals surface area contributed by atoms with Crippen LogP contribution in [-0.4, -0.2) is 30.3 Å². The van der Waals surface area contributed by atoms with Crippen molar-refractivity contribution in [2.24, 2.45) is 5.92 Å². The van der Waals surface area contributed by atoms with Crippen LogP contribution in [0.25, 0.3) is 0 Å². The predicted octanol–water partition coefficient (Wildman–Crippen LogP) is 2.00. The monoisotopic (exact) mass is 263 g/mol. The van der Waals surface area contributed by atoms with Gasteiger partial charge in [0.15, 0.2) is 0 Å². The molecule has 19 heavy (non-hydrogen) atoms. The first-order valence-electron chi connectivity index (χ1n) is 6.35. The largest absolute Gasteiger partial charge is 0.489 e.